The Morgan fingerprint density at radius 2 is 1.88 bits per heavy atom. The Kier molecular flexibility index (Phi) is 6.06. The maximum absolute atomic E-state index is 12.3. The van der Waals surface area contributed by atoms with Gasteiger partial charge in [-0.3, -0.25) is 9.59 Å². The normalized spacial score (nSPS) is 9.73. The fraction of sp³-hybridized carbons (Fsp3) is 0.158. The number of ether oxygens (including phenoxy) is 1. The van der Waals surface area contributed by atoms with Gasteiger partial charge in [-0.1, -0.05) is 18.2 Å². The Balaban J connectivity index is 2.18. The molecule has 0 spiro atoms. The molecule has 1 N–H and O–H groups in total. The van der Waals surface area contributed by atoms with Gasteiger partial charge in [0.2, 0.25) is 11.8 Å². The minimum Gasteiger partial charge on any atom is -0.465 e. The van der Waals surface area contributed by atoms with E-state index in [9.17, 15) is 19.6 Å². The third-order valence-corrected chi connectivity index (χ3v) is 3.56. The largest absolute Gasteiger partial charge is 0.465 e. The number of carbonyl (C=O) groups is 3. The fourth-order valence-corrected chi connectivity index (χ4v) is 2.36. The third-order valence-electron chi connectivity index (χ3n) is 3.56. The molecule has 0 fully saturated rings. The molecule has 0 aliphatic rings. The lowest BCUT2D eigenvalue weighted by molar-refractivity contribution is -0.120. The maximum Gasteiger partial charge on any atom is 0.337 e. The van der Waals surface area contributed by atoms with Crippen molar-refractivity contribution in [2.24, 2.45) is 0 Å². The van der Waals surface area contributed by atoms with Gasteiger partial charge in [-0.15, -0.1) is 0 Å². The summed E-state index contributed by atoms with van der Waals surface area (Å²) < 4.78 is 4.64. The second kappa shape index (κ2) is 8.44. The van der Waals surface area contributed by atoms with Crippen molar-refractivity contribution in [2.75, 3.05) is 23.9 Å². The molecule has 0 aliphatic heterocycles. The minimum absolute atomic E-state index is 0.267. The van der Waals surface area contributed by atoms with E-state index in [4.69, 9.17) is 0 Å². The summed E-state index contributed by atoms with van der Waals surface area (Å²) in [5, 5.41) is 11.8. The molecule has 2 aromatic carbocycles. The van der Waals surface area contributed by atoms with Crippen LogP contribution < -0.4 is 10.2 Å². The Bertz CT molecular complexity index is 886. The molecule has 0 saturated carbocycles. The van der Waals surface area contributed by atoms with Crippen LogP contribution in [0.5, 0.6) is 0 Å². The van der Waals surface area contributed by atoms with Crippen LogP contribution in [0.1, 0.15) is 22.8 Å². The van der Waals surface area contributed by atoms with Crippen LogP contribution in [0.2, 0.25) is 0 Å². The zero-order chi connectivity index (χ0) is 19.1. The zero-order valence-electron chi connectivity index (χ0n) is 14.4. The Morgan fingerprint density at radius 1 is 1.15 bits per heavy atom. The summed E-state index contributed by atoms with van der Waals surface area (Å²) in [6.07, 6.45) is 0. The van der Waals surface area contributed by atoms with Gasteiger partial charge >= 0.3 is 5.97 Å². The lowest BCUT2D eigenvalue weighted by atomic mass is 10.1. The molecule has 0 unspecified atom stereocenters. The van der Waals surface area contributed by atoms with Crippen molar-refractivity contribution < 1.29 is 19.1 Å². The lowest BCUT2D eigenvalue weighted by Gasteiger charge is -2.21. The number of hydrogen-bond donors (Lipinski definition) is 1. The van der Waals surface area contributed by atoms with Crippen LogP contribution in [0.15, 0.2) is 48.5 Å². The van der Waals surface area contributed by atoms with Crippen LogP contribution in [0.25, 0.3) is 0 Å². The number of rotatable bonds is 5. The molecule has 26 heavy (non-hydrogen) atoms. The number of carbonyl (C=O) groups excluding carboxylic acids is 3. The smallest absolute Gasteiger partial charge is 0.337 e. The first-order valence-electron chi connectivity index (χ1n) is 7.71. The molecule has 0 heterocycles. The maximum atomic E-state index is 12.3. The van der Waals surface area contributed by atoms with Gasteiger partial charge in [0, 0.05) is 12.6 Å². The van der Waals surface area contributed by atoms with Gasteiger partial charge in [0.1, 0.15) is 12.6 Å². The number of para-hydroxylation sites is 1. The molecule has 0 saturated heterocycles. The number of esters is 1. The summed E-state index contributed by atoms with van der Waals surface area (Å²) in [6, 6.07) is 14.8. The second-order valence-corrected chi connectivity index (χ2v) is 5.35. The van der Waals surface area contributed by atoms with Gasteiger partial charge in [-0.05, 0) is 30.3 Å². The number of anilines is 2. The third kappa shape index (κ3) is 4.45. The van der Waals surface area contributed by atoms with Crippen LogP contribution >= 0.6 is 0 Å². The number of nitrogens with one attached hydrogen (secondary N) is 1. The van der Waals surface area contributed by atoms with Crippen molar-refractivity contribution in [1.29, 1.82) is 5.26 Å². The molecule has 7 heteroatoms. The molecule has 0 atom stereocenters. The highest BCUT2D eigenvalue weighted by atomic mass is 16.5. The highest BCUT2D eigenvalue weighted by Gasteiger charge is 2.19. The highest BCUT2D eigenvalue weighted by molar-refractivity contribution is 6.03. The highest BCUT2D eigenvalue weighted by Crippen LogP contribution is 2.20. The van der Waals surface area contributed by atoms with Crippen molar-refractivity contribution in [2.45, 2.75) is 6.92 Å². The molecule has 7 nitrogen and oxygen atoms in total. The van der Waals surface area contributed by atoms with Crippen molar-refractivity contribution in [3.63, 3.8) is 0 Å². The number of methoxy groups -OCH3 is 1. The van der Waals surface area contributed by atoms with E-state index in [0.29, 0.717) is 22.5 Å². The summed E-state index contributed by atoms with van der Waals surface area (Å²) in [5.74, 6) is -1.35. The predicted octanol–water partition coefficient (Wildman–Crippen LogP) is 2.34. The summed E-state index contributed by atoms with van der Waals surface area (Å²) in [5.41, 5.74) is 1.35. The van der Waals surface area contributed by atoms with Crippen molar-refractivity contribution >= 4 is 29.2 Å². The average molecular weight is 351 g/mol. The SMILES string of the molecule is COC(=O)c1cccc(NC(=O)CN(C(C)=O)c2ccccc2C#N)c1. The van der Waals surface area contributed by atoms with Crippen LogP contribution in [0.3, 0.4) is 0 Å². The van der Waals surface area contributed by atoms with Gasteiger partial charge in [0.15, 0.2) is 0 Å². The Labute approximate surface area is 150 Å². The van der Waals surface area contributed by atoms with Crippen LogP contribution in [0.4, 0.5) is 11.4 Å². The lowest BCUT2D eigenvalue weighted by Crippen LogP contribution is -2.37. The molecule has 2 aromatic rings. The first-order valence-corrected chi connectivity index (χ1v) is 7.71. The average Bonchev–Trinajstić information content (AvgIpc) is 2.65. The number of amides is 2. The molecular weight excluding hydrogens is 334 g/mol. The first-order chi connectivity index (χ1) is 12.5. The van der Waals surface area contributed by atoms with E-state index in [1.54, 1.807) is 42.5 Å². The molecule has 0 aromatic heterocycles. The van der Waals surface area contributed by atoms with Crippen LogP contribution in [-0.2, 0) is 14.3 Å². The first kappa shape index (κ1) is 18.7. The van der Waals surface area contributed by atoms with Gasteiger partial charge in [0.05, 0.1) is 23.9 Å². The quantitative estimate of drug-likeness (QED) is 0.834. The van der Waals surface area contributed by atoms with Crippen LogP contribution in [0, 0.1) is 11.3 Å². The summed E-state index contributed by atoms with van der Waals surface area (Å²) in [4.78, 5) is 37.1. The van der Waals surface area contributed by atoms with E-state index in [1.165, 1.54) is 25.0 Å². The zero-order valence-corrected chi connectivity index (χ0v) is 14.4. The van der Waals surface area contributed by atoms with E-state index in [1.807, 2.05) is 6.07 Å². The van der Waals surface area contributed by atoms with E-state index in [2.05, 4.69) is 10.1 Å². The van der Waals surface area contributed by atoms with Crippen molar-refractivity contribution in [3.05, 3.63) is 59.7 Å². The molecule has 132 valence electrons. The molecule has 0 aliphatic carbocycles. The monoisotopic (exact) mass is 351 g/mol. The second-order valence-electron chi connectivity index (χ2n) is 5.35. The molecular formula is C19H17N3O4. The van der Waals surface area contributed by atoms with E-state index in [-0.39, 0.29) is 12.5 Å². The Hall–Kier alpha value is -3.66. The van der Waals surface area contributed by atoms with Crippen molar-refractivity contribution in [1.82, 2.24) is 0 Å². The molecule has 0 radical (unpaired) electrons. The summed E-state index contributed by atoms with van der Waals surface area (Å²) in [7, 11) is 1.27. The van der Waals surface area contributed by atoms with Gasteiger partial charge in [-0.2, -0.15) is 5.26 Å². The predicted molar refractivity (Wildman–Crippen MR) is 95.6 cm³/mol. The number of benzene rings is 2. The van der Waals surface area contributed by atoms with E-state index in [0.717, 1.165) is 0 Å². The van der Waals surface area contributed by atoms with Gasteiger partial charge in [0.25, 0.3) is 0 Å². The Morgan fingerprint density at radius 3 is 2.54 bits per heavy atom. The number of nitriles is 1. The van der Waals surface area contributed by atoms with E-state index < -0.39 is 11.9 Å². The molecule has 2 amide bonds. The van der Waals surface area contributed by atoms with Gasteiger partial charge < -0.3 is 15.0 Å². The summed E-state index contributed by atoms with van der Waals surface area (Å²) in [6.45, 7) is 1.05. The van der Waals surface area contributed by atoms with Gasteiger partial charge in [-0.25, -0.2) is 4.79 Å². The number of nitrogens with zero attached hydrogens (tertiary/aromatic N) is 2. The topological polar surface area (TPSA) is 99.5 Å². The number of hydrogen-bond acceptors (Lipinski definition) is 5. The molecule has 0 bridgehead atoms. The van der Waals surface area contributed by atoms with E-state index >= 15 is 0 Å². The van der Waals surface area contributed by atoms with Crippen molar-refractivity contribution in [3.8, 4) is 6.07 Å². The molecule has 2 rings (SSSR count). The summed E-state index contributed by atoms with van der Waals surface area (Å²) >= 11 is 0. The van der Waals surface area contributed by atoms with Crippen LogP contribution in [-0.4, -0.2) is 31.4 Å². The standard InChI is InChI=1S/C19H17N3O4/c1-13(23)22(17-9-4-3-6-15(17)11-20)12-18(24)21-16-8-5-7-14(10-16)19(25)26-2/h3-10H,12H2,1-2H3,(H,21,24). The fourth-order valence-electron chi connectivity index (χ4n) is 2.36. The minimum atomic E-state index is -0.519.